The molecule has 0 saturated heterocycles. The van der Waals surface area contributed by atoms with Gasteiger partial charge in [0.2, 0.25) is 0 Å². The molecular formula is C15H16N2O3S. The SMILES string of the molecule is CS(=O)(=O)c1ccccc1COc1ccccc1C(=N)N. The molecule has 110 valence electrons. The Morgan fingerprint density at radius 2 is 1.76 bits per heavy atom. The summed E-state index contributed by atoms with van der Waals surface area (Å²) < 4.78 is 29.1. The normalized spacial score (nSPS) is 11.1. The molecule has 3 N–H and O–H groups in total. The second kappa shape index (κ2) is 5.97. The van der Waals surface area contributed by atoms with Crippen LogP contribution in [-0.4, -0.2) is 20.5 Å². The maximum absolute atomic E-state index is 11.7. The van der Waals surface area contributed by atoms with Crippen molar-refractivity contribution >= 4 is 15.7 Å². The first-order valence-electron chi connectivity index (χ1n) is 6.24. The van der Waals surface area contributed by atoms with E-state index < -0.39 is 9.84 Å². The van der Waals surface area contributed by atoms with Gasteiger partial charge in [-0.05, 0) is 18.2 Å². The Morgan fingerprint density at radius 1 is 1.14 bits per heavy atom. The topological polar surface area (TPSA) is 93.2 Å². The largest absolute Gasteiger partial charge is 0.488 e. The van der Waals surface area contributed by atoms with Crippen LogP contribution in [0.3, 0.4) is 0 Å². The first-order valence-corrected chi connectivity index (χ1v) is 8.13. The van der Waals surface area contributed by atoms with Crippen molar-refractivity contribution < 1.29 is 13.2 Å². The molecule has 0 bridgehead atoms. The van der Waals surface area contributed by atoms with E-state index in [1.807, 2.05) is 0 Å². The number of sulfone groups is 1. The monoisotopic (exact) mass is 304 g/mol. The lowest BCUT2D eigenvalue weighted by molar-refractivity contribution is 0.302. The van der Waals surface area contributed by atoms with Crippen LogP contribution in [0.1, 0.15) is 11.1 Å². The third-order valence-electron chi connectivity index (χ3n) is 2.93. The first-order chi connectivity index (χ1) is 9.89. The second-order valence-electron chi connectivity index (χ2n) is 4.58. The lowest BCUT2D eigenvalue weighted by atomic mass is 10.2. The van der Waals surface area contributed by atoms with Crippen molar-refractivity contribution in [3.8, 4) is 5.75 Å². The Kier molecular flexibility index (Phi) is 4.28. The highest BCUT2D eigenvalue weighted by Crippen LogP contribution is 2.21. The molecule has 2 aromatic carbocycles. The van der Waals surface area contributed by atoms with E-state index in [0.717, 1.165) is 6.26 Å². The van der Waals surface area contributed by atoms with Gasteiger partial charge < -0.3 is 10.5 Å². The number of para-hydroxylation sites is 1. The van der Waals surface area contributed by atoms with Gasteiger partial charge >= 0.3 is 0 Å². The minimum Gasteiger partial charge on any atom is -0.488 e. The third kappa shape index (κ3) is 3.61. The summed E-state index contributed by atoms with van der Waals surface area (Å²) in [5.74, 6) is 0.357. The predicted molar refractivity (Wildman–Crippen MR) is 81.3 cm³/mol. The van der Waals surface area contributed by atoms with Crippen molar-refractivity contribution in [1.82, 2.24) is 0 Å². The van der Waals surface area contributed by atoms with Crippen LogP contribution in [0.25, 0.3) is 0 Å². The van der Waals surface area contributed by atoms with Crippen LogP contribution in [0, 0.1) is 5.41 Å². The summed E-state index contributed by atoms with van der Waals surface area (Å²) in [5.41, 5.74) is 6.54. The smallest absolute Gasteiger partial charge is 0.175 e. The van der Waals surface area contributed by atoms with Gasteiger partial charge in [0.1, 0.15) is 18.2 Å². The van der Waals surface area contributed by atoms with Gasteiger partial charge in [-0.3, -0.25) is 5.41 Å². The lowest BCUT2D eigenvalue weighted by Gasteiger charge is -2.12. The average molecular weight is 304 g/mol. The zero-order chi connectivity index (χ0) is 15.5. The van der Waals surface area contributed by atoms with Crippen molar-refractivity contribution in [3.05, 3.63) is 59.7 Å². The molecule has 6 heteroatoms. The molecule has 0 fully saturated rings. The minimum atomic E-state index is -3.31. The molecule has 0 heterocycles. The molecule has 0 radical (unpaired) electrons. The Hall–Kier alpha value is -2.34. The Bertz CT molecular complexity index is 770. The van der Waals surface area contributed by atoms with Crippen LogP contribution < -0.4 is 10.5 Å². The van der Waals surface area contributed by atoms with E-state index in [1.54, 1.807) is 48.5 Å². The molecule has 5 nitrogen and oxygen atoms in total. The van der Waals surface area contributed by atoms with E-state index in [0.29, 0.717) is 16.9 Å². The van der Waals surface area contributed by atoms with Crippen LogP contribution in [-0.2, 0) is 16.4 Å². The van der Waals surface area contributed by atoms with Gasteiger partial charge in [-0.25, -0.2) is 8.42 Å². The molecule has 0 aromatic heterocycles. The number of hydrogen-bond donors (Lipinski definition) is 2. The summed E-state index contributed by atoms with van der Waals surface area (Å²) in [5, 5.41) is 7.50. The fourth-order valence-corrected chi connectivity index (χ4v) is 2.88. The third-order valence-corrected chi connectivity index (χ3v) is 4.13. The number of nitrogens with two attached hydrogens (primary N) is 1. The van der Waals surface area contributed by atoms with Crippen molar-refractivity contribution in [2.24, 2.45) is 5.73 Å². The van der Waals surface area contributed by atoms with Crippen LogP contribution in [0.4, 0.5) is 0 Å². The van der Waals surface area contributed by atoms with Gasteiger partial charge in [-0.2, -0.15) is 0 Å². The van der Waals surface area contributed by atoms with Crippen molar-refractivity contribution in [3.63, 3.8) is 0 Å². The molecule has 2 aromatic rings. The maximum atomic E-state index is 11.7. The van der Waals surface area contributed by atoms with Gasteiger partial charge in [0, 0.05) is 11.8 Å². The molecule has 0 saturated carbocycles. The molecule has 0 amide bonds. The number of rotatable bonds is 5. The van der Waals surface area contributed by atoms with Crippen LogP contribution >= 0.6 is 0 Å². The Balaban J connectivity index is 2.28. The summed E-state index contributed by atoms with van der Waals surface area (Å²) >= 11 is 0. The first kappa shape index (κ1) is 15.1. The molecule has 2 rings (SSSR count). The fraction of sp³-hybridized carbons (Fsp3) is 0.133. The highest BCUT2D eigenvalue weighted by atomic mass is 32.2. The van der Waals surface area contributed by atoms with Crippen molar-refractivity contribution in [1.29, 1.82) is 5.41 Å². The molecule has 0 unspecified atom stereocenters. The number of ether oxygens (including phenoxy) is 1. The standard InChI is InChI=1S/C15H16N2O3S/c1-21(18,19)14-9-5-2-6-11(14)10-20-13-8-4-3-7-12(13)15(16)17/h2-9H,10H2,1H3,(H3,16,17). The van der Waals surface area contributed by atoms with Crippen LogP contribution in [0.5, 0.6) is 5.75 Å². The number of nitrogen functional groups attached to an aromatic ring is 1. The summed E-state index contributed by atoms with van der Waals surface area (Å²) in [4.78, 5) is 0.241. The van der Waals surface area contributed by atoms with Gasteiger partial charge in [0.05, 0.1) is 10.5 Å². The maximum Gasteiger partial charge on any atom is 0.175 e. The lowest BCUT2D eigenvalue weighted by Crippen LogP contribution is -2.13. The minimum absolute atomic E-state index is 0.0908. The molecule has 0 atom stereocenters. The average Bonchev–Trinajstić information content (AvgIpc) is 2.44. The Labute approximate surface area is 123 Å². The van der Waals surface area contributed by atoms with Crippen molar-refractivity contribution in [2.45, 2.75) is 11.5 Å². The van der Waals surface area contributed by atoms with Crippen LogP contribution in [0.15, 0.2) is 53.4 Å². The highest BCUT2D eigenvalue weighted by molar-refractivity contribution is 7.90. The van der Waals surface area contributed by atoms with Crippen molar-refractivity contribution in [2.75, 3.05) is 6.26 Å². The van der Waals surface area contributed by atoms with E-state index in [1.165, 1.54) is 0 Å². The number of nitrogens with one attached hydrogen (secondary N) is 1. The predicted octanol–water partition coefficient (Wildman–Crippen LogP) is 1.95. The van der Waals surface area contributed by atoms with E-state index >= 15 is 0 Å². The van der Waals surface area contributed by atoms with Gasteiger partial charge in [0.25, 0.3) is 0 Å². The van der Waals surface area contributed by atoms with Gasteiger partial charge in [0.15, 0.2) is 9.84 Å². The number of benzene rings is 2. The quantitative estimate of drug-likeness (QED) is 0.652. The van der Waals surface area contributed by atoms with E-state index in [2.05, 4.69) is 0 Å². The second-order valence-corrected chi connectivity index (χ2v) is 6.56. The molecule has 0 aliphatic heterocycles. The number of amidine groups is 1. The fourth-order valence-electron chi connectivity index (χ4n) is 1.96. The van der Waals surface area contributed by atoms with E-state index in [4.69, 9.17) is 15.9 Å². The van der Waals surface area contributed by atoms with Gasteiger partial charge in [-0.1, -0.05) is 30.3 Å². The van der Waals surface area contributed by atoms with Crippen LogP contribution in [0.2, 0.25) is 0 Å². The van der Waals surface area contributed by atoms with E-state index in [-0.39, 0.29) is 17.3 Å². The van der Waals surface area contributed by atoms with E-state index in [9.17, 15) is 8.42 Å². The summed E-state index contributed by atoms with van der Waals surface area (Å²) in [6.45, 7) is 0.0908. The van der Waals surface area contributed by atoms with Gasteiger partial charge in [-0.15, -0.1) is 0 Å². The summed E-state index contributed by atoms with van der Waals surface area (Å²) in [7, 11) is -3.31. The highest BCUT2D eigenvalue weighted by Gasteiger charge is 2.13. The molecule has 0 spiro atoms. The zero-order valence-corrected chi connectivity index (χ0v) is 12.4. The Morgan fingerprint density at radius 3 is 2.43 bits per heavy atom. The zero-order valence-electron chi connectivity index (χ0n) is 11.5. The molecule has 0 aliphatic carbocycles. The number of hydrogen-bond acceptors (Lipinski definition) is 4. The summed E-state index contributed by atoms with van der Waals surface area (Å²) in [6, 6.07) is 13.6. The molecular weight excluding hydrogens is 288 g/mol. The molecule has 0 aliphatic rings. The summed E-state index contributed by atoms with van der Waals surface area (Å²) in [6.07, 6.45) is 1.16. The molecule has 21 heavy (non-hydrogen) atoms.